The second-order valence-corrected chi connectivity index (χ2v) is 25.1. The number of hydrogen-bond acceptors (Lipinski definition) is 13. The molecule has 0 spiro atoms. The number of carboxylic acid groups (broad SMARTS) is 3. The van der Waals surface area contributed by atoms with Gasteiger partial charge in [-0.1, -0.05) is 23.2 Å². The van der Waals surface area contributed by atoms with Gasteiger partial charge in [0.2, 0.25) is 0 Å². The maximum atomic E-state index is 12.1. The van der Waals surface area contributed by atoms with Gasteiger partial charge in [0, 0.05) is 55.1 Å². The SMILES string of the molecule is N#Cc1cc(COc2c(Br)cc(C(=O)NCC(=O)O)cc2Br)cc(NCC2CC2)c1.N#Cc1cc(COc2c(Br)cc(CCC(=O)O)cc2Br)cc(NCC2CC2)c1.N#Cc1cc(COc2c(Cl)cc(CCC(=O)O)cc2Cl)cc(NCC2CC2)c1. The van der Waals surface area contributed by atoms with Gasteiger partial charge in [-0.25, -0.2) is 0 Å². The van der Waals surface area contributed by atoms with Gasteiger partial charge >= 0.3 is 17.9 Å². The van der Waals surface area contributed by atoms with E-state index >= 15 is 0 Å². The number of aryl methyl sites for hydroxylation is 2. The molecular weight excluding hydrogens is 1410 g/mol. The number of ether oxygens (including phenoxy) is 3. The summed E-state index contributed by atoms with van der Waals surface area (Å²) in [5.74, 6) is 0.358. The maximum Gasteiger partial charge on any atom is 0.322 e. The standard InChI is InChI=1S/C21H19Br2N3O4.C21H20Br2N2O3.C21H20Cl2N2O3/c22-17-6-15(21(29)26-10-19(27)28)7-18(23)20(17)30-11-14-3-13(8-24)4-16(5-14)25-9-12-1-2-12;2*22-18-8-14(3-4-20(26)27)9-19(23)21(18)28-12-16-5-15(10-24)6-17(7-16)25-11-13-1-2-13/h3-7,12,25H,1-2,9-11H2,(H,26,29)(H,27,28);2*5-9,13,25H,1-4,11-12H2,(H,26,27). The number of nitrogens with zero attached hydrogens (tertiary/aromatic N) is 3. The number of rotatable bonds is 27. The van der Waals surface area contributed by atoms with Crippen LogP contribution in [0.15, 0.2) is 109 Å². The van der Waals surface area contributed by atoms with E-state index in [-0.39, 0.29) is 26.1 Å². The minimum atomic E-state index is -1.12. The van der Waals surface area contributed by atoms with Crippen LogP contribution in [0.2, 0.25) is 10.0 Å². The van der Waals surface area contributed by atoms with E-state index in [1.165, 1.54) is 38.5 Å². The van der Waals surface area contributed by atoms with E-state index in [2.05, 4.69) is 103 Å². The number of amides is 1. The lowest BCUT2D eigenvalue weighted by Gasteiger charge is -2.14. The Kier molecular flexibility index (Phi) is 25.2. The van der Waals surface area contributed by atoms with E-state index in [4.69, 9.17) is 52.7 Å². The van der Waals surface area contributed by atoms with E-state index < -0.39 is 30.4 Å². The molecule has 448 valence electrons. The Morgan fingerprint density at radius 2 is 0.802 bits per heavy atom. The van der Waals surface area contributed by atoms with Crippen LogP contribution >= 0.6 is 86.9 Å². The van der Waals surface area contributed by atoms with Crippen LogP contribution < -0.4 is 35.5 Å². The number of carbonyl (C=O) groups is 4. The van der Waals surface area contributed by atoms with Crippen LogP contribution in [0.3, 0.4) is 0 Å². The summed E-state index contributed by atoms with van der Waals surface area (Å²) in [7, 11) is 0. The summed E-state index contributed by atoms with van der Waals surface area (Å²) >= 11 is 26.3. The number of carboxylic acids is 3. The second-order valence-electron chi connectivity index (χ2n) is 20.8. The summed E-state index contributed by atoms with van der Waals surface area (Å²) < 4.78 is 20.3. The van der Waals surface area contributed by atoms with E-state index in [0.29, 0.717) is 83.9 Å². The van der Waals surface area contributed by atoms with Crippen LogP contribution in [-0.2, 0) is 47.0 Å². The second kappa shape index (κ2) is 32.6. The van der Waals surface area contributed by atoms with Gasteiger partial charge in [0.25, 0.3) is 5.91 Å². The van der Waals surface area contributed by atoms with Crippen molar-refractivity contribution in [2.45, 2.75) is 84.0 Å². The van der Waals surface area contributed by atoms with Gasteiger partial charge in [0.05, 0.1) is 62.8 Å². The molecule has 0 aromatic heterocycles. The molecule has 0 bridgehead atoms. The molecule has 9 rings (SSSR count). The van der Waals surface area contributed by atoms with Gasteiger partial charge < -0.3 is 50.8 Å². The van der Waals surface area contributed by atoms with Crippen molar-refractivity contribution in [3.63, 3.8) is 0 Å². The summed E-state index contributed by atoms with van der Waals surface area (Å²) in [5, 5.41) is 67.3. The Balaban J connectivity index is 0.000000185. The molecule has 0 aliphatic heterocycles. The minimum Gasteiger partial charge on any atom is -0.487 e. The normalized spacial score (nSPS) is 12.9. The molecule has 0 atom stereocenters. The van der Waals surface area contributed by atoms with Crippen LogP contribution in [0.25, 0.3) is 0 Å². The zero-order valence-corrected chi connectivity index (χ0v) is 54.1. The lowest BCUT2D eigenvalue weighted by molar-refractivity contribution is -0.138. The fraction of sp³-hybridized carbons (Fsp3) is 0.317. The molecule has 0 saturated heterocycles. The monoisotopic (exact) mass is 1460 g/mol. The number of nitrogens with one attached hydrogen (secondary N) is 4. The maximum absolute atomic E-state index is 12.1. The van der Waals surface area contributed by atoms with Gasteiger partial charge in [0.15, 0.2) is 5.75 Å². The van der Waals surface area contributed by atoms with E-state index in [0.717, 1.165) is 85.3 Å². The van der Waals surface area contributed by atoms with Crippen molar-refractivity contribution in [1.29, 1.82) is 15.8 Å². The molecule has 6 aromatic carbocycles. The summed E-state index contributed by atoms with van der Waals surface area (Å²) in [4.78, 5) is 44.2. The molecule has 0 heterocycles. The van der Waals surface area contributed by atoms with Crippen LogP contribution in [0.4, 0.5) is 17.1 Å². The fourth-order valence-corrected chi connectivity index (χ4v) is 12.0. The van der Waals surface area contributed by atoms with Gasteiger partial charge in [0.1, 0.15) is 37.9 Å². The Hall–Kier alpha value is -7.03. The van der Waals surface area contributed by atoms with Crippen molar-refractivity contribution in [2.24, 2.45) is 17.8 Å². The third kappa shape index (κ3) is 22.4. The first kappa shape index (κ1) is 66.5. The van der Waals surface area contributed by atoms with E-state index in [1.807, 2.05) is 54.6 Å². The number of anilines is 3. The summed E-state index contributed by atoms with van der Waals surface area (Å²) in [5.41, 5.74) is 8.95. The molecule has 6 aromatic rings. The summed E-state index contributed by atoms with van der Waals surface area (Å²) in [6.07, 6.45) is 8.40. The number of hydrogen-bond donors (Lipinski definition) is 7. The Morgan fingerprint density at radius 3 is 1.13 bits per heavy atom. The largest absolute Gasteiger partial charge is 0.487 e. The average Bonchev–Trinajstić information content (AvgIpc) is 3.55. The molecule has 86 heavy (non-hydrogen) atoms. The molecule has 3 fully saturated rings. The molecule has 3 saturated carbocycles. The Morgan fingerprint density at radius 1 is 0.465 bits per heavy atom. The number of aliphatic carboxylic acids is 3. The van der Waals surface area contributed by atoms with Crippen molar-refractivity contribution in [1.82, 2.24) is 5.32 Å². The highest BCUT2D eigenvalue weighted by atomic mass is 79.9. The predicted molar refractivity (Wildman–Crippen MR) is 342 cm³/mol. The molecule has 0 radical (unpaired) electrons. The lowest BCUT2D eigenvalue weighted by atomic mass is 10.1. The minimum absolute atomic E-state index is 0.00441. The molecule has 7 N–H and O–H groups in total. The first-order chi connectivity index (χ1) is 41.2. The summed E-state index contributed by atoms with van der Waals surface area (Å²) in [6.45, 7) is 3.04. The highest BCUT2D eigenvalue weighted by molar-refractivity contribution is 9.11. The van der Waals surface area contributed by atoms with E-state index in [1.54, 1.807) is 36.4 Å². The van der Waals surface area contributed by atoms with Crippen LogP contribution in [0.1, 0.15) is 106 Å². The zero-order chi connectivity index (χ0) is 61.9. The van der Waals surface area contributed by atoms with Gasteiger partial charge in [-0.3, -0.25) is 19.2 Å². The molecule has 3 aliphatic carbocycles. The van der Waals surface area contributed by atoms with Gasteiger partial charge in [-0.15, -0.1) is 0 Å². The molecule has 0 unspecified atom stereocenters. The topological polar surface area (TPSA) is 276 Å². The van der Waals surface area contributed by atoms with Crippen molar-refractivity contribution < 1.29 is 48.7 Å². The third-order valence-corrected chi connectivity index (χ3v) is 16.3. The third-order valence-electron chi connectivity index (χ3n) is 13.4. The van der Waals surface area contributed by atoms with Crippen LogP contribution in [-0.4, -0.2) is 65.3 Å². The first-order valence-electron chi connectivity index (χ1n) is 27.3. The molecular formula is C63H59Br4Cl2N7O10. The van der Waals surface area contributed by atoms with Crippen molar-refractivity contribution >= 4 is 128 Å². The highest BCUT2D eigenvalue weighted by Crippen LogP contribution is 2.39. The quantitative estimate of drug-likeness (QED) is 0.0252. The Labute approximate surface area is 541 Å². The van der Waals surface area contributed by atoms with Crippen LogP contribution in [0, 0.1) is 51.7 Å². The number of halogens is 6. The fourth-order valence-electron chi connectivity index (χ4n) is 8.42. The van der Waals surface area contributed by atoms with Gasteiger partial charge in [-0.2, -0.15) is 15.8 Å². The lowest BCUT2D eigenvalue weighted by Crippen LogP contribution is -2.29. The van der Waals surface area contributed by atoms with E-state index in [9.17, 15) is 35.0 Å². The molecule has 3 aliphatic rings. The van der Waals surface area contributed by atoms with Crippen LogP contribution in [0.5, 0.6) is 17.2 Å². The van der Waals surface area contributed by atoms with Crippen molar-refractivity contribution in [3.8, 4) is 35.5 Å². The van der Waals surface area contributed by atoms with Crippen molar-refractivity contribution in [3.05, 3.63) is 169 Å². The summed E-state index contributed by atoms with van der Waals surface area (Å²) in [6, 6.07) is 33.5. The predicted octanol–water partition coefficient (Wildman–Crippen LogP) is 15.1. The number of nitriles is 3. The number of carbonyl (C=O) groups excluding carboxylic acids is 1. The average molecular weight is 1460 g/mol. The zero-order valence-electron chi connectivity index (χ0n) is 46.2. The van der Waals surface area contributed by atoms with Crippen molar-refractivity contribution in [2.75, 3.05) is 42.1 Å². The molecule has 1 amide bonds. The smallest absolute Gasteiger partial charge is 0.322 e. The first-order valence-corrected chi connectivity index (χ1v) is 31.3. The molecule has 17 nitrogen and oxygen atoms in total. The van der Waals surface area contributed by atoms with Gasteiger partial charge in [-0.05, 0) is 252 Å². The highest BCUT2D eigenvalue weighted by Gasteiger charge is 2.23. The Bertz CT molecular complexity index is 3380. The molecule has 23 heteroatoms. The number of benzene rings is 6.